The van der Waals surface area contributed by atoms with E-state index in [1.807, 2.05) is 11.9 Å². The zero-order chi connectivity index (χ0) is 19.6. The molecule has 3 N–H and O–H groups in total. The number of ether oxygens (including phenoxy) is 2. The summed E-state index contributed by atoms with van der Waals surface area (Å²) in [5.41, 5.74) is 1.85. The molecule has 0 atom stereocenters. The van der Waals surface area contributed by atoms with Gasteiger partial charge in [-0.25, -0.2) is 15.3 Å². The van der Waals surface area contributed by atoms with Gasteiger partial charge in [0, 0.05) is 12.8 Å². The van der Waals surface area contributed by atoms with Crippen LogP contribution in [0.2, 0.25) is 0 Å². The van der Waals surface area contributed by atoms with Gasteiger partial charge >= 0.3 is 5.69 Å². The summed E-state index contributed by atoms with van der Waals surface area (Å²) < 4.78 is 10.8. The predicted octanol–water partition coefficient (Wildman–Crippen LogP) is 0.339. The van der Waals surface area contributed by atoms with Gasteiger partial charge in [-0.1, -0.05) is 6.92 Å². The molecule has 0 aliphatic carbocycles. The number of nitrogens with zero attached hydrogens (tertiary/aromatic N) is 2. The lowest BCUT2D eigenvalue weighted by Gasteiger charge is -2.10. The van der Waals surface area contributed by atoms with Gasteiger partial charge in [-0.05, 0) is 30.2 Å². The predicted molar refractivity (Wildman–Crippen MR) is 98.3 cm³/mol. The molecule has 0 saturated heterocycles. The maximum absolute atomic E-state index is 11.8. The fraction of sp³-hybridized carbons (Fsp3) is 0.353. The molecule has 0 unspecified atom stereocenters. The molecule has 10 nitrogen and oxygen atoms in total. The molecule has 1 aromatic carbocycles. The topological polar surface area (TPSA) is 139 Å². The van der Waals surface area contributed by atoms with Gasteiger partial charge in [0.05, 0.1) is 19.9 Å². The molecule has 0 aliphatic heterocycles. The van der Waals surface area contributed by atoms with E-state index in [0.29, 0.717) is 18.1 Å². The first kappa shape index (κ1) is 19.9. The third kappa shape index (κ3) is 6.10. The minimum Gasteiger partial charge on any atom is -0.493 e. The molecule has 27 heavy (non-hydrogen) atoms. The van der Waals surface area contributed by atoms with E-state index < -0.39 is 17.2 Å². The van der Waals surface area contributed by atoms with Crippen LogP contribution in [0.1, 0.15) is 31.0 Å². The highest BCUT2D eigenvalue weighted by Gasteiger charge is 2.07. The third-order valence-electron chi connectivity index (χ3n) is 3.42. The quantitative estimate of drug-likeness (QED) is 0.427. The van der Waals surface area contributed by atoms with Gasteiger partial charge in [0.25, 0.3) is 5.56 Å². The molecule has 0 aliphatic rings. The van der Waals surface area contributed by atoms with E-state index in [1.165, 1.54) is 6.21 Å². The number of carbonyl (C=O) groups is 1. The van der Waals surface area contributed by atoms with Crippen LogP contribution in [0.5, 0.6) is 11.5 Å². The summed E-state index contributed by atoms with van der Waals surface area (Å²) in [6.45, 7) is 2.56. The van der Waals surface area contributed by atoms with Crippen molar-refractivity contribution >= 4 is 12.1 Å². The Morgan fingerprint density at radius 3 is 2.85 bits per heavy atom. The first-order valence-corrected chi connectivity index (χ1v) is 8.34. The highest BCUT2D eigenvalue weighted by Crippen LogP contribution is 2.27. The number of amides is 1. The van der Waals surface area contributed by atoms with Crippen LogP contribution >= 0.6 is 0 Å². The SMILES string of the molecule is CCCOc1cc(/C=N/NC(=O)CCc2n[nH]c(=O)[nH]c2=O)ccc1OC. The van der Waals surface area contributed by atoms with Crippen molar-refractivity contribution in [3.05, 3.63) is 50.3 Å². The van der Waals surface area contributed by atoms with Crippen LogP contribution in [0.15, 0.2) is 32.9 Å². The van der Waals surface area contributed by atoms with Crippen molar-refractivity contribution in [2.75, 3.05) is 13.7 Å². The van der Waals surface area contributed by atoms with E-state index in [4.69, 9.17) is 9.47 Å². The highest BCUT2D eigenvalue weighted by molar-refractivity contribution is 5.83. The molecule has 2 rings (SSSR count). The number of aromatic nitrogens is 3. The third-order valence-corrected chi connectivity index (χ3v) is 3.42. The summed E-state index contributed by atoms with van der Waals surface area (Å²) in [6.07, 6.45) is 2.41. The summed E-state index contributed by atoms with van der Waals surface area (Å²) in [5.74, 6) is 0.816. The van der Waals surface area contributed by atoms with Crippen LogP contribution in [0, 0.1) is 0 Å². The van der Waals surface area contributed by atoms with Crippen molar-refractivity contribution in [3.8, 4) is 11.5 Å². The van der Waals surface area contributed by atoms with E-state index in [9.17, 15) is 14.4 Å². The lowest BCUT2D eigenvalue weighted by Crippen LogP contribution is -2.28. The molecule has 0 saturated carbocycles. The second kappa shape index (κ2) is 9.90. The standard InChI is InChI=1S/C17H21N5O5/c1-3-8-27-14-9-11(4-6-13(14)26-2)10-18-21-15(23)7-5-12-16(24)19-17(25)22-20-12/h4,6,9-10H,3,5,7-8H2,1-2H3,(H,21,23)(H2,19,22,24,25)/b18-10+. The molecule has 1 aromatic heterocycles. The van der Waals surface area contributed by atoms with Crippen molar-refractivity contribution in [1.29, 1.82) is 0 Å². The molecule has 144 valence electrons. The number of aromatic amines is 2. The zero-order valence-electron chi connectivity index (χ0n) is 15.1. The Kier molecular flexibility index (Phi) is 7.29. The Labute approximate surface area is 154 Å². The Hall–Kier alpha value is -3.43. The second-order valence-electron chi connectivity index (χ2n) is 5.51. The van der Waals surface area contributed by atoms with Crippen molar-refractivity contribution in [2.24, 2.45) is 5.10 Å². The maximum Gasteiger partial charge on any atom is 0.342 e. The van der Waals surface area contributed by atoms with Gasteiger partial charge < -0.3 is 9.47 Å². The average molecular weight is 375 g/mol. The molecule has 0 spiro atoms. The number of benzene rings is 1. The van der Waals surface area contributed by atoms with E-state index in [-0.39, 0.29) is 18.5 Å². The molecule has 1 heterocycles. The van der Waals surface area contributed by atoms with Gasteiger partial charge in [-0.3, -0.25) is 14.6 Å². The first-order valence-electron chi connectivity index (χ1n) is 8.34. The van der Waals surface area contributed by atoms with Crippen LogP contribution in [0.25, 0.3) is 0 Å². The number of aryl methyl sites for hydroxylation is 1. The van der Waals surface area contributed by atoms with Crippen LogP contribution in [-0.2, 0) is 11.2 Å². The van der Waals surface area contributed by atoms with Gasteiger partial charge in [-0.15, -0.1) is 0 Å². The number of nitrogens with one attached hydrogen (secondary N) is 3. The van der Waals surface area contributed by atoms with Crippen LogP contribution in [-0.4, -0.2) is 41.0 Å². The van der Waals surface area contributed by atoms with E-state index in [2.05, 4.69) is 20.7 Å². The molecular weight excluding hydrogens is 354 g/mol. The molecule has 0 bridgehead atoms. The molecule has 2 aromatic rings. The largest absolute Gasteiger partial charge is 0.493 e. The molecule has 0 fully saturated rings. The molecular formula is C17H21N5O5. The number of carbonyl (C=O) groups excluding carboxylic acids is 1. The summed E-state index contributed by atoms with van der Waals surface area (Å²) >= 11 is 0. The highest BCUT2D eigenvalue weighted by atomic mass is 16.5. The number of hydrazone groups is 1. The first-order chi connectivity index (χ1) is 13.0. The monoisotopic (exact) mass is 375 g/mol. The second-order valence-corrected chi connectivity index (χ2v) is 5.51. The number of hydrogen-bond acceptors (Lipinski definition) is 7. The van der Waals surface area contributed by atoms with Gasteiger partial charge in [0.15, 0.2) is 11.5 Å². The Bertz CT molecular complexity index is 918. The van der Waals surface area contributed by atoms with Crippen molar-refractivity contribution in [1.82, 2.24) is 20.6 Å². The Balaban J connectivity index is 1.91. The summed E-state index contributed by atoms with van der Waals surface area (Å²) in [6, 6.07) is 5.29. The van der Waals surface area contributed by atoms with E-state index >= 15 is 0 Å². The summed E-state index contributed by atoms with van der Waals surface area (Å²) in [7, 11) is 1.56. The van der Waals surface area contributed by atoms with Crippen molar-refractivity contribution in [3.63, 3.8) is 0 Å². The van der Waals surface area contributed by atoms with Gasteiger partial charge in [-0.2, -0.15) is 10.2 Å². The fourth-order valence-corrected chi connectivity index (χ4v) is 2.11. The molecule has 10 heteroatoms. The Morgan fingerprint density at radius 1 is 1.33 bits per heavy atom. The molecule has 0 radical (unpaired) electrons. The number of hydrogen-bond donors (Lipinski definition) is 3. The summed E-state index contributed by atoms with van der Waals surface area (Å²) in [5, 5.41) is 9.60. The van der Waals surface area contributed by atoms with Crippen LogP contribution in [0.4, 0.5) is 0 Å². The number of H-pyrrole nitrogens is 2. The van der Waals surface area contributed by atoms with Crippen molar-refractivity contribution < 1.29 is 14.3 Å². The van der Waals surface area contributed by atoms with Crippen LogP contribution < -0.4 is 26.1 Å². The number of methoxy groups -OCH3 is 1. The lowest BCUT2D eigenvalue weighted by molar-refractivity contribution is -0.121. The normalized spacial score (nSPS) is 10.7. The lowest BCUT2D eigenvalue weighted by atomic mass is 10.2. The minimum absolute atomic E-state index is 0.00701. The van der Waals surface area contributed by atoms with E-state index in [1.54, 1.807) is 25.3 Å². The van der Waals surface area contributed by atoms with E-state index in [0.717, 1.165) is 12.0 Å². The zero-order valence-corrected chi connectivity index (χ0v) is 15.1. The van der Waals surface area contributed by atoms with Crippen molar-refractivity contribution in [2.45, 2.75) is 26.2 Å². The number of rotatable bonds is 9. The minimum atomic E-state index is -0.695. The average Bonchev–Trinajstić information content (AvgIpc) is 2.65. The van der Waals surface area contributed by atoms with Gasteiger partial charge in [0.1, 0.15) is 5.69 Å². The maximum atomic E-state index is 11.8. The molecule has 1 amide bonds. The smallest absolute Gasteiger partial charge is 0.342 e. The Morgan fingerprint density at radius 2 is 2.15 bits per heavy atom. The summed E-state index contributed by atoms with van der Waals surface area (Å²) in [4.78, 5) is 36.2. The van der Waals surface area contributed by atoms with Crippen LogP contribution in [0.3, 0.4) is 0 Å². The fourth-order valence-electron chi connectivity index (χ4n) is 2.11. The van der Waals surface area contributed by atoms with Gasteiger partial charge in [0.2, 0.25) is 5.91 Å².